The lowest BCUT2D eigenvalue weighted by molar-refractivity contribution is 0.0600. The first-order valence-corrected chi connectivity index (χ1v) is 7.00. The summed E-state index contributed by atoms with van der Waals surface area (Å²) in [6, 6.07) is 13.6. The Labute approximate surface area is 127 Å². The fourth-order valence-electron chi connectivity index (χ4n) is 1.67. The molecule has 0 aliphatic rings. The van der Waals surface area contributed by atoms with Crippen LogP contribution in [0.1, 0.15) is 20.7 Å². The Hall–Kier alpha value is -2.27. The van der Waals surface area contributed by atoms with Crippen molar-refractivity contribution in [2.75, 3.05) is 14.2 Å². The van der Waals surface area contributed by atoms with Gasteiger partial charge in [0.15, 0.2) is 0 Å². The van der Waals surface area contributed by atoms with E-state index in [1.54, 1.807) is 43.5 Å². The molecule has 0 aliphatic carbocycles. The van der Waals surface area contributed by atoms with Gasteiger partial charge in [-0.2, -0.15) is 0 Å². The van der Waals surface area contributed by atoms with Crippen molar-refractivity contribution in [3.05, 3.63) is 59.7 Å². The van der Waals surface area contributed by atoms with Crippen molar-refractivity contribution in [3.63, 3.8) is 0 Å². The first-order valence-electron chi connectivity index (χ1n) is 6.18. The maximum Gasteiger partial charge on any atom is 0.337 e. The summed E-state index contributed by atoms with van der Waals surface area (Å²) in [7, 11) is 2.91. The van der Waals surface area contributed by atoms with Crippen LogP contribution in [0, 0.1) is 0 Å². The molecule has 5 heteroatoms. The Balaban J connectivity index is 2.07. The van der Waals surface area contributed by atoms with Crippen LogP contribution < -0.4 is 4.74 Å². The fraction of sp³-hybridized carbons (Fsp3) is 0.125. The summed E-state index contributed by atoms with van der Waals surface area (Å²) in [6.45, 7) is 0. The van der Waals surface area contributed by atoms with Crippen molar-refractivity contribution in [2.24, 2.45) is 0 Å². The van der Waals surface area contributed by atoms with E-state index in [1.807, 2.05) is 12.1 Å². The standard InChI is InChI=1S/C16H14O4S/c1-19-13-7-9-14(10-8-13)21-16(18)12-5-3-11(4-6-12)15(17)20-2/h3-10H,1-2H3. The average molecular weight is 302 g/mol. The molecule has 2 aromatic rings. The number of carbonyl (C=O) groups excluding carboxylic acids is 2. The molecule has 2 rings (SSSR count). The van der Waals surface area contributed by atoms with E-state index in [1.165, 1.54) is 7.11 Å². The van der Waals surface area contributed by atoms with Crippen molar-refractivity contribution >= 4 is 22.8 Å². The van der Waals surface area contributed by atoms with Crippen molar-refractivity contribution < 1.29 is 19.1 Å². The SMILES string of the molecule is COC(=O)c1ccc(C(=O)Sc2ccc(OC)cc2)cc1. The maximum atomic E-state index is 12.1. The van der Waals surface area contributed by atoms with Gasteiger partial charge in [-0.25, -0.2) is 4.79 Å². The molecule has 0 atom stereocenters. The van der Waals surface area contributed by atoms with Crippen molar-refractivity contribution in [1.82, 2.24) is 0 Å². The highest BCUT2D eigenvalue weighted by Gasteiger charge is 2.10. The van der Waals surface area contributed by atoms with Gasteiger partial charge in [-0.05, 0) is 60.3 Å². The van der Waals surface area contributed by atoms with Crippen molar-refractivity contribution in [3.8, 4) is 5.75 Å². The Morgan fingerprint density at radius 2 is 1.43 bits per heavy atom. The van der Waals surface area contributed by atoms with Crippen LogP contribution in [0.3, 0.4) is 0 Å². The molecule has 0 amide bonds. The van der Waals surface area contributed by atoms with E-state index in [0.29, 0.717) is 11.1 Å². The Bertz CT molecular complexity index is 632. The summed E-state index contributed by atoms with van der Waals surface area (Å²) < 4.78 is 9.68. The van der Waals surface area contributed by atoms with Crippen LogP contribution in [0.15, 0.2) is 53.4 Å². The molecule has 0 saturated heterocycles. The smallest absolute Gasteiger partial charge is 0.337 e. The average Bonchev–Trinajstić information content (AvgIpc) is 2.55. The minimum Gasteiger partial charge on any atom is -0.497 e. The second-order valence-electron chi connectivity index (χ2n) is 4.13. The van der Waals surface area contributed by atoms with Gasteiger partial charge in [0.25, 0.3) is 0 Å². The zero-order chi connectivity index (χ0) is 15.2. The summed E-state index contributed by atoms with van der Waals surface area (Å²) in [6.07, 6.45) is 0. The molecule has 0 N–H and O–H groups in total. The lowest BCUT2D eigenvalue weighted by Gasteiger charge is -2.04. The van der Waals surface area contributed by atoms with Gasteiger partial charge in [-0.15, -0.1) is 0 Å². The molecule has 0 saturated carbocycles. The van der Waals surface area contributed by atoms with Crippen LogP contribution in [-0.2, 0) is 4.74 Å². The van der Waals surface area contributed by atoms with Crippen LogP contribution in [-0.4, -0.2) is 25.3 Å². The zero-order valence-electron chi connectivity index (χ0n) is 11.7. The van der Waals surface area contributed by atoms with Crippen LogP contribution in [0.5, 0.6) is 5.75 Å². The molecule has 108 valence electrons. The minimum atomic E-state index is -0.420. The molecule has 0 aromatic heterocycles. The highest BCUT2D eigenvalue weighted by atomic mass is 32.2. The van der Waals surface area contributed by atoms with E-state index in [4.69, 9.17) is 4.74 Å². The topological polar surface area (TPSA) is 52.6 Å². The third kappa shape index (κ3) is 3.86. The number of thioether (sulfide) groups is 1. The van der Waals surface area contributed by atoms with E-state index in [-0.39, 0.29) is 5.12 Å². The molecule has 0 spiro atoms. The predicted molar refractivity (Wildman–Crippen MR) is 81.0 cm³/mol. The van der Waals surface area contributed by atoms with Crippen LogP contribution in [0.4, 0.5) is 0 Å². The van der Waals surface area contributed by atoms with Gasteiger partial charge in [0.05, 0.1) is 19.8 Å². The van der Waals surface area contributed by atoms with E-state index < -0.39 is 5.97 Å². The van der Waals surface area contributed by atoms with E-state index in [2.05, 4.69) is 4.74 Å². The van der Waals surface area contributed by atoms with Crippen molar-refractivity contribution in [2.45, 2.75) is 4.90 Å². The second kappa shape index (κ2) is 6.95. The summed E-state index contributed by atoms with van der Waals surface area (Å²) in [5.74, 6) is 0.325. The third-order valence-electron chi connectivity index (χ3n) is 2.81. The minimum absolute atomic E-state index is 0.0865. The Morgan fingerprint density at radius 3 is 1.95 bits per heavy atom. The first-order chi connectivity index (χ1) is 10.1. The molecule has 0 aliphatic heterocycles. The molecule has 0 heterocycles. The highest BCUT2D eigenvalue weighted by Crippen LogP contribution is 2.25. The van der Waals surface area contributed by atoms with Gasteiger partial charge in [-0.3, -0.25) is 4.79 Å². The second-order valence-corrected chi connectivity index (χ2v) is 5.18. The number of benzene rings is 2. The third-order valence-corrected chi connectivity index (χ3v) is 3.74. The molecule has 0 fully saturated rings. The number of hydrogen-bond acceptors (Lipinski definition) is 5. The van der Waals surface area contributed by atoms with E-state index >= 15 is 0 Å². The van der Waals surface area contributed by atoms with E-state index in [9.17, 15) is 9.59 Å². The summed E-state index contributed by atoms with van der Waals surface area (Å²) in [5.41, 5.74) is 0.951. The van der Waals surface area contributed by atoms with Crippen molar-refractivity contribution in [1.29, 1.82) is 0 Å². The van der Waals surface area contributed by atoms with Gasteiger partial charge >= 0.3 is 5.97 Å². The summed E-state index contributed by atoms with van der Waals surface area (Å²) in [4.78, 5) is 24.3. The monoisotopic (exact) mass is 302 g/mol. The van der Waals surface area contributed by atoms with Crippen LogP contribution in [0.2, 0.25) is 0 Å². The largest absolute Gasteiger partial charge is 0.497 e. The number of rotatable bonds is 4. The quantitative estimate of drug-likeness (QED) is 0.640. The maximum absolute atomic E-state index is 12.1. The number of ether oxygens (including phenoxy) is 2. The van der Waals surface area contributed by atoms with Gasteiger partial charge in [-0.1, -0.05) is 0 Å². The zero-order valence-corrected chi connectivity index (χ0v) is 12.5. The molecule has 0 radical (unpaired) electrons. The predicted octanol–water partition coefficient (Wildman–Crippen LogP) is 3.41. The fourth-order valence-corrected chi connectivity index (χ4v) is 2.41. The highest BCUT2D eigenvalue weighted by molar-refractivity contribution is 8.14. The first kappa shape index (κ1) is 15.1. The van der Waals surface area contributed by atoms with Crippen LogP contribution >= 0.6 is 11.8 Å². The Kier molecular flexibility index (Phi) is 5.00. The van der Waals surface area contributed by atoms with Gasteiger partial charge in [0, 0.05) is 10.5 Å². The van der Waals surface area contributed by atoms with E-state index in [0.717, 1.165) is 22.4 Å². The Morgan fingerprint density at radius 1 is 0.857 bits per heavy atom. The summed E-state index contributed by atoms with van der Waals surface area (Å²) >= 11 is 1.13. The lowest BCUT2D eigenvalue weighted by Crippen LogP contribution is -2.01. The molecule has 0 unspecified atom stereocenters. The number of methoxy groups -OCH3 is 2. The molecule has 2 aromatic carbocycles. The lowest BCUT2D eigenvalue weighted by atomic mass is 10.1. The molecule has 0 bridgehead atoms. The van der Waals surface area contributed by atoms with Gasteiger partial charge in [0.1, 0.15) is 5.75 Å². The number of esters is 1. The number of hydrogen-bond donors (Lipinski definition) is 0. The number of carbonyl (C=O) groups is 2. The molecule has 21 heavy (non-hydrogen) atoms. The summed E-state index contributed by atoms with van der Waals surface area (Å²) in [5, 5.41) is -0.0865. The normalized spacial score (nSPS) is 10.0. The van der Waals surface area contributed by atoms with Gasteiger partial charge in [0.2, 0.25) is 5.12 Å². The molecular weight excluding hydrogens is 288 g/mol. The van der Waals surface area contributed by atoms with Gasteiger partial charge < -0.3 is 9.47 Å². The van der Waals surface area contributed by atoms with Crippen LogP contribution in [0.25, 0.3) is 0 Å². The molecule has 4 nitrogen and oxygen atoms in total. The molecular formula is C16H14O4S.